The maximum atomic E-state index is 12.9. The molecule has 0 saturated heterocycles. The van der Waals surface area contributed by atoms with Crippen LogP contribution in [-0.2, 0) is 9.53 Å². The number of carbonyl (C=O) groups excluding carboxylic acids is 1. The minimum atomic E-state index is -0.571. The molecular formula is C26H36O4. The summed E-state index contributed by atoms with van der Waals surface area (Å²) in [6, 6.07) is 5.89. The number of carbonyl (C=O) groups is 1. The molecule has 2 atom stereocenters. The summed E-state index contributed by atoms with van der Waals surface area (Å²) in [5, 5.41) is 0. The van der Waals surface area contributed by atoms with E-state index in [1.807, 2.05) is 39.0 Å². The number of methoxy groups -OCH3 is 2. The van der Waals surface area contributed by atoms with Gasteiger partial charge in [0.1, 0.15) is 17.3 Å². The third kappa shape index (κ3) is 4.43. The highest BCUT2D eigenvalue weighted by Gasteiger charge is 2.42. The van der Waals surface area contributed by atoms with Crippen LogP contribution >= 0.6 is 0 Å². The molecule has 0 aromatic heterocycles. The molecule has 4 heteroatoms. The fraction of sp³-hybridized carbons (Fsp3) is 0.577. The summed E-state index contributed by atoms with van der Waals surface area (Å²) in [6.07, 6.45) is 8.58. The van der Waals surface area contributed by atoms with Gasteiger partial charge in [-0.1, -0.05) is 31.9 Å². The average Bonchev–Trinajstić information content (AvgIpc) is 2.86. The Labute approximate surface area is 181 Å². The van der Waals surface area contributed by atoms with Gasteiger partial charge in [0.25, 0.3) is 0 Å². The molecule has 1 saturated carbocycles. The predicted molar refractivity (Wildman–Crippen MR) is 120 cm³/mol. The lowest BCUT2D eigenvalue weighted by atomic mass is 9.63. The summed E-state index contributed by atoms with van der Waals surface area (Å²) in [6.45, 7) is 10.3. The Morgan fingerprint density at radius 3 is 2.47 bits per heavy atom. The number of rotatable bonds is 4. The molecule has 0 heterocycles. The zero-order valence-corrected chi connectivity index (χ0v) is 19.5. The molecule has 0 radical (unpaired) electrons. The summed E-state index contributed by atoms with van der Waals surface area (Å²) in [4.78, 5) is 12.9. The van der Waals surface area contributed by atoms with E-state index in [0.717, 1.165) is 42.1 Å². The normalized spacial score (nSPS) is 23.4. The standard InChI is InChI=1S/C26H36O4/c1-25(2,3)24(27)30-22-12-8-11-20-18(10-9-15-26(20,4)5)23(22)19-16-17(28-6)13-14-21(19)29-7/h11-14,16,18,23H,8-10,15H2,1-7H3/t18-,23-/m0/s1. The molecule has 0 amide bonds. The summed E-state index contributed by atoms with van der Waals surface area (Å²) in [5.41, 5.74) is 2.03. The third-order valence-corrected chi connectivity index (χ3v) is 6.46. The van der Waals surface area contributed by atoms with Gasteiger partial charge in [-0.15, -0.1) is 0 Å². The number of benzene rings is 1. The van der Waals surface area contributed by atoms with E-state index in [9.17, 15) is 4.79 Å². The summed E-state index contributed by atoms with van der Waals surface area (Å²) in [5.74, 6) is 2.26. The van der Waals surface area contributed by atoms with Crippen LogP contribution in [0.1, 0.15) is 71.8 Å². The van der Waals surface area contributed by atoms with Crippen LogP contribution in [0.15, 0.2) is 41.7 Å². The molecule has 2 aliphatic rings. The van der Waals surface area contributed by atoms with Crippen LogP contribution in [0, 0.1) is 16.7 Å². The van der Waals surface area contributed by atoms with Crippen molar-refractivity contribution in [1.29, 1.82) is 0 Å². The molecule has 2 aliphatic carbocycles. The third-order valence-electron chi connectivity index (χ3n) is 6.46. The van der Waals surface area contributed by atoms with Crippen molar-refractivity contribution in [2.45, 2.75) is 66.2 Å². The van der Waals surface area contributed by atoms with Crippen LogP contribution in [-0.4, -0.2) is 20.2 Å². The van der Waals surface area contributed by atoms with Gasteiger partial charge < -0.3 is 14.2 Å². The van der Waals surface area contributed by atoms with Gasteiger partial charge in [-0.25, -0.2) is 0 Å². The minimum Gasteiger partial charge on any atom is -0.497 e. The lowest BCUT2D eigenvalue weighted by molar-refractivity contribution is -0.149. The van der Waals surface area contributed by atoms with Crippen molar-refractivity contribution in [3.8, 4) is 11.5 Å². The Bertz CT molecular complexity index is 854. The largest absolute Gasteiger partial charge is 0.497 e. The molecule has 0 unspecified atom stereocenters. The number of fused-ring (bicyclic) bond motifs is 1. The Morgan fingerprint density at radius 1 is 1.10 bits per heavy atom. The quantitative estimate of drug-likeness (QED) is 0.423. The number of hydrogen-bond acceptors (Lipinski definition) is 4. The SMILES string of the molecule is COc1ccc(OC)c([C@H]2C(OC(=O)C(C)(C)C)=CCC=C3[C@@H]2CCCC3(C)C)c1. The first kappa shape index (κ1) is 22.5. The number of allylic oxidation sites excluding steroid dienone is 4. The molecule has 164 valence electrons. The van der Waals surface area contributed by atoms with Crippen molar-refractivity contribution < 1.29 is 19.0 Å². The van der Waals surface area contributed by atoms with Crippen molar-refractivity contribution in [1.82, 2.24) is 0 Å². The van der Waals surface area contributed by atoms with Crippen LogP contribution < -0.4 is 9.47 Å². The molecule has 0 N–H and O–H groups in total. The molecule has 0 bridgehead atoms. The van der Waals surface area contributed by atoms with Crippen molar-refractivity contribution in [3.05, 3.63) is 47.2 Å². The Balaban J connectivity index is 2.15. The van der Waals surface area contributed by atoms with Crippen molar-refractivity contribution in [2.75, 3.05) is 14.2 Å². The molecule has 4 nitrogen and oxygen atoms in total. The fourth-order valence-electron chi connectivity index (χ4n) is 4.78. The van der Waals surface area contributed by atoms with Gasteiger partial charge in [0.2, 0.25) is 0 Å². The number of esters is 1. The summed E-state index contributed by atoms with van der Waals surface area (Å²) < 4.78 is 17.4. The molecule has 1 aromatic rings. The second-order valence-corrected chi connectivity index (χ2v) is 10.1. The van der Waals surface area contributed by atoms with Gasteiger partial charge in [0.05, 0.1) is 25.6 Å². The zero-order chi connectivity index (χ0) is 22.1. The van der Waals surface area contributed by atoms with Gasteiger partial charge in [-0.3, -0.25) is 4.79 Å². The summed E-state index contributed by atoms with van der Waals surface area (Å²) >= 11 is 0. The molecule has 0 aliphatic heterocycles. The smallest absolute Gasteiger partial charge is 0.316 e. The van der Waals surface area contributed by atoms with Crippen molar-refractivity contribution in [3.63, 3.8) is 0 Å². The van der Waals surface area contributed by atoms with E-state index in [-0.39, 0.29) is 23.2 Å². The molecular weight excluding hydrogens is 376 g/mol. The topological polar surface area (TPSA) is 44.8 Å². The second kappa shape index (κ2) is 8.49. The van der Waals surface area contributed by atoms with Crippen LogP contribution in [0.25, 0.3) is 0 Å². The van der Waals surface area contributed by atoms with Gasteiger partial charge in [-0.05, 0) is 75.6 Å². The first-order valence-corrected chi connectivity index (χ1v) is 10.9. The zero-order valence-electron chi connectivity index (χ0n) is 19.5. The lowest BCUT2D eigenvalue weighted by Crippen LogP contribution is -2.32. The molecule has 1 fully saturated rings. The van der Waals surface area contributed by atoms with Gasteiger partial charge in [0, 0.05) is 5.56 Å². The van der Waals surface area contributed by atoms with Crippen LogP contribution in [0.4, 0.5) is 0 Å². The van der Waals surface area contributed by atoms with E-state index in [0.29, 0.717) is 0 Å². The minimum absolute atomic E-state index is 0.0883. The molecule has 0 spiro atoms. The van der Waals surface area contributed by atoms with Crippen molar-refractivity contribution in [2.24, 2.45) is 16.7 Å². The highest BCUT2D eigenvalue weighted by Crippen LogP contribution is 2.54. The van der Waals surface area contributed by atoms with E-state index >= 15 is 0 Å². The lowest BCUT2D eigenvalue weighted by Gasteiger charge is -2.42. The monoisotopic (exact) mass is 412 g/mol. The van der Waals surface area contributed by atoms with Crippen LogP contribution in [0.3, 0.4) is 0 Å². The van der Waals surface area contributed by atoms with Crippen LogP contribution in [0.2, 0.25) is 0 Å². The fourth-order valence-corrected chi connectivity index (χ4v) is 4.78. The Hall–Kier alpha value is -2.23. The van der Waals surface area contributed by atoms with Gasteiger partial charge in [0.15, 0.2) is 0 Å². The maximum Gasteiger partial charge on any atom is 0.316 e. The maximum absolute atomic E-state index is 12.9. The van der Waals surface area contributed by atoms with E-state index in [1.165, 1.54) is 12.0 Å². The van der Waals surface area contributed by atoms with Gasteiger partial charge >= 0.3 is 5.97 Å². The first-order valence-electron chi connectivity index (χ1n) is 10.9. The molecule has 3 rings (SSSR count). The van der Waals surface area contributed by atoms with Crippen LogP contribution in [0.5, 0.6) is 11.5 Å². The average molecular weight is 413 g/mol. The highest BCUT2D eigenvalue weighted by atomic mass is 16.5. The molecule has 1 aromatic carbocycles. The Morgan fingerprint density at radius 2 is 1.83 bits per heavy atom. The number of hydrogen-bond donors (Lipinski definition) is 0. The highest BCUT2D eigenvalue weighted by molar-refractivity contribution is 5.76. The van der Waals surface area contributed by atoms with E-state index < -0.39 is 5.41 Å². The first-order chi connectivity index (χ1) is 14.1. The van der Waals surface area contributed by atoms with Crippen molar-refractivity contribution >= 4 is 5.97 Å². The second-order valence-electron chi connectivity index (χ2n) is 10.1. The van der Waals surface area contributed by atoms with E-state index in [4.69, 9.17) is 14.2 Å². The van der Waals surface area contributed by atoms with E-state index in [2.05, 4.69) is 26.0 Å². The molecule has 30 heavy (non-hydrogen) atoms. The van der Waals surface area contributed by atoms with Gasteiger partial charge in [-0.2, -0.15) is 0 Å². The summed E-state index contributed by atoms with van der Waals surface area (Å²) in [7, 11) is 3.36. The predicted octanol–water partition coefficient (Wildman–Crippen LogP) is 6.42. The Kier molecular flexibility index (Phi) is 6.35. The van der Waals surface area contributed by atoms with E-state index in [1.54, 1.807) is 14.2 Å². The number of ether oxygens (including phenoxy) is 3.